The highest BCUT2D eigenvalue weighted by Crippen LogP contribution is 2.51. The van der Waals surface area contributed by atoms with E-state index in [1.165, 1.54) is 5.57 Å². The molecule has 206 valence electrons. The molecule has 3 heterocycles. The Bertz CT molecular complexity index is 1090. The molecule has 38 heavy (non-hydrogen) atoms. The zero-order valence-electron chi connectivity index (χ0n) is 22.3. The summed E-state index contributed by atoms with van der Waals surface area (Å²) in [6.45, 7) is 1.79. The van der Waals surface area contributed by atoms with Crippen molar-refractivity contribution in [3.63, 3.8) is 0 Å². The van der Waals surface area contributed by atoms with Gasteiger partial charge in [0, 0.05) is 6.04 Å². The van der Waals surface area contributed by atoms with Crippen LogP contribution in [0.2, 0.25) is 6.32 Å². The fourth-order valence-electron chi connectivity index (χ4n) is 7.30. The van der Waals surface area contributed by atoms with E-state index < -0.39 is 25.1 Å². The van der Waals surface area contributed by atoms with Gasteiger partial charge in [0.2, 0.25) is 11.8 Å². The topological polar surface area (TPSA) is 120 Å². The second-order valence-electron chi connectivity index (χ2n) is 11.4. The number of nitrogens with zero attached hydrogens (tertiary/aromatic N) is 1. The number of fused-ring (bicyclic) bond motifs is 3. The highest BCUT2D eigenvalue weighted by atomic mass is 16.5. The predicted molar refractivity (Wildman–Crippen MR) is 142 cm³/mol. The summed E-state index contributed by atoms with van der Waals surface area (Å²) in [4.78, 5) is 28.8. The summed E-state index contributed by atoms with van der Waals surface area (Å²) in [5, 5.41) is 30.4. The van der Waals surface area contributed by atoms with Crippen LogP contribution in [-0.2, 0) is 20.9 Å². The maximum absolute atomic E-state index is 13.8. The first-order chi connectivity index (χ1) is 18.4. The van der Waals surface area contributed by atoms with Crippen LogP contribution in [0, 0.1) is 17.8 Å². The normalized spacial score (nSPS) is 28.8. The first-order valence-electron chi connectivity index (χ1n) is 14.4. The highest BCUT2D eigenvalue weighted by molar-refractivity contribution is 6.43. The molecule has 3 N–H and O–H groups in total. The quantitative estimate of drug-likeness (QED) is 0.254. The van der Waals surface area contributed by atoms with Crippen molar-refractivity contribution < 1.29 is 33.9 Å². The van der Waals surface area contributed by atoms with Crippen molar-refractivity contribution in [2.24, 2.45) is 17.8 Å². The molecule has 5 rings (SSSR count). The average molecular weight is 525 g/mol. The molecular weight excluding hydrogens is 485 g/mol. The molecule has 4 aliphatic rings. The minimum absolute atomic E-state index is 0.0226. The number of carbonyl (C=O) groups excluding carboxylic acids is 2. The zero-order chi connectivity index (χ0) is 26.8. The predicted octanol–water partition coefficient (Wildman–Crippen LogP) is 3.86. The van der Waals surface area contributed by atoms with Crippen LogP contribution in [0.5, 0.6) is 0 Å². The minimum Gasteiger partial charge on any atom is -0.459 e. The molecule has 0 radical (unpaired) electrons. The highest BCUT2D eigenvalue weighted by Gasteiger charge is 2.58. The van der Waals surface area contributed by atoms with Gasteiger partial charge >= 0.3 is 7.12 Å². The van der Waals surface area contributed by atoms with Gasteiger partial charge in [0.25, 0.3) is 0 Å². The lowest BCUT2D eigenvalue weighted by atomic mass is 9.58. The fourth-order valence-corrected chi connectivity index (χ4v) is 7.30. The summed E-state index contributed by atoms with van der Waals surface area (Å²) < 4.78 is 11.7. The molecule has 2 amide bonds. The van der Waals surface area contributed by atoms with Gasteiger partial charge in [-0.2, -0.15) is 0 Å². The molecule has 9 heteroatoms. The van der Waals surface area contributed by atoms with E-state index >= 15 is 0 Å². The van der Waals surface area contributed by atoms with Crippen LogP contribution in [0.15, 0.2) is 33.3 Å². The van der Waals surface area contributed by atoms with Gasteiger partial charge in [0.15, 0.2) is 0 Å². The van der Waals surface area contributed by atoms with E-state index in [9.17, 15) is 24.8 Å². The summed E-state index contributed by atoms with van der Waals surface area (Å²) >= 11 is 0. The Morgan fingerprint density at radius 3 is 2.55 bits per heavy atom. The lowest BCUT2D eigenvalue weighted by Crippen LogP contribution is -2.47. The number of allylic oxidation sites excluding steroid dienone is 1. The molecule has 2 aliphatic heterocycles. The van der Waals surface area contributed by atoms with Gasteiger partial charge in [0.05, 0.1) is 24.5 Å². The molecule has 1 aromatic heterocycles. The van der Waals surface area contributed by atoms with Crippen molar-refractivity contribution in [2.75, 3.05) is 6.61 Å². The Morgan fingerprint density at radius 1 is 1.08 bits per heavy atom. The van der Waals surface area contributed by atoms with Gasteiger partial charge in [-0.1, -0.05) is 38.2 Å². The van der Waals surface area contributed by atoms with Crippen LogP contribution < -0.4 is 0 Å². The number of imide groups is 1. The second-order valence-corrected chi connectivity index (χ2v) is 11.4. The van der Waals surface area contributed by atoms with Gasteiger partial charge in [-0.25, -0.2) is 0 Å². The first kappa shape index (κ1) is 27.4. The van der Waals surface area contributed by atoms with Crippen LogP contribution >= 0.6 is 0 Å². The SMILES string of the molecule is CCC/C(=C\c1ccc(CO)o1)CC[C@H]1OB(O)C[C@H]2C1=C(CO)C[C@H]1C(=O)N(C3CCCCC3)C(=O)[C@H]12. The van der Waals surface area contributed by atoms with Crippen LogP contribution in [-0.4, -0.2) is 57.8 Å². The number of rotatable bonds is 9. The molecule has 1 saturated carbocycles. The number of furan rings is 1. The lowest BCUT2D eigenvalue weighted by Gasteiger charge is -2.43. The number of likely N-dealkylation sites (tertiary alicyclic amines) is 1. The number of amides is 2. The summed E-state index contributed by atoms with van der Waals surface area (Å²) in [5.41, 5.74) is 2.88. The Hall–Kier alpha value is -2.20. The number of carbonyl (C=O) groups is 2. The number of hydrogen-bond donors (Lipinski definition) is 3. The Morgan fingerprint density at radius 2 is 1.87 bits per heavy atom. The van der Waals surface area contributed by atoms with E-state index in [1.54, 1.807) is 11.0 Å². The molecule has 0 aromatic carbocycles. The summed E-state index contributed by atoms with van der Waals surface area (Å²) in [6, 6.07) is 3.58. The number of hydrogen-bond acceptors (Lipinski definition) is 7. The maximum atomic E-state index is 13.8. The average Bonchev–Trinajstić information content (AvgIpc) is 3.48. The van der Waals surface area contributed by atoms with Crippen molar-refractivity contribution in [1.29, 1.82) is 0 Å². The molecule has 1 aromatic rings. The van der Waals surface area contributed by atoms with Crippen LogP contribution in [0.3, 0.4) is 0 Å². The number of aliphatic hydroxyl groups is 2. The third kappa shape index (κ3) is 5.31. The van der Waals surface area contributed by atoms with Crippen molar-refractivity contribution in [1.82, 2.24) is 4.90 Å². The third-order valence-electron chi connectivity index (χ3n) is 8.96. The van der Waals surface area contributed by atoms with Crippen LogP contribution in [0.4, 0.5) is 0 Å². The zero-order valence-corrected chi connectivity index (χ0v) is 22.3. The molecule has 2 saturated heterocycles. The Balaban J connectivity index is 1.38. The maximum Gasteiger partial charge on any atom is 0.455 e. The second kappa shape index (κ2) is 11.9. The third-order valence-corrected chi connectivity index (χ3v) is 8.96. The van der Waals surface area contributed by atoms with E-state index in [0.29, 0.717) is 30.8 Å². The lowest BCUT2D eigenvalue weighted by molar-refractivity contribution is -0.143. The van der Waals surface area contributed by atoms with Gasteiger partial charge in [-0.15, -0.1) is 0 Å². The van der Waals surface area contributed by atoms with Crippen LogP contribution in [0.25, 0.3) is 6.08 Å². The molecule has 8 nitrogen and oxygen atoms in total. The number of aliphatic hydroxyl groups excluding tert-OH is 2. The standard InChI is InChI=1S/C29H40BNO7/c1-2-6-18(13-21-10-11-22(17-33)37-21)9-12-25-26-19(16-32)14-23-27(24(26)15-30(36)38-25)29(35)31(28(23)34)20-7-4-3-5-8-20/h10-11,13,20,23-25,27,32-33,36H,2-9,12,14-17H2,1H3/b18-13+/t23-,24+,25-,27-/m1/s1. The van der Waals surface area contributed by atoms with Crippen molar-refractivity contribution >= 4 is 25.0 Å². The fraction of sp³-hybridized carbons (Fsp3) is 0.655. The monoisotopic (exact) mass is 525 g/mol. The van der Waals surface area contributed by atoms with Crippen LogP contribution in [0.1, 0.15) is 82.7 Å². The van der Waals surface area contributed by atoms with Crippen molar-refractivity contribution in [2.45, 2.75) is 96.2 Å². The van der Waals surface area contributed by atoms with E-state index in [1.807, 2.05) is 12.1 Å². The largest absolute Gasteiger partial charge is 0.459 e. The molecule has 3 fully saturated rings. The van der Waals surface area contributed by atoms with Gasteiger partial charge in [-0.05, 0) is 80.1 Å². The van der Waals surface area contributed by atoms with Crippen molar-refractivity contribution in [3.8, 4) is 0 Å². The first-order valence-corrected chi connectivity index (χ1v) is 14.4. The molecule has 0 bridgehead atoms. The van der Waals surface area contributed by atoms with E-state index in [4.69, 9.17) is 9.07 Å². The molecule has 0 spiro atoms. The molecule has 2 aliphatic carbocycles. The van der Waals surface area contributed by atoms with Gasteiger partial charge < -0.3 is 24.3 Å². The minimum atomic E-state index is -1.02. The van der Waals surface area contributed by atoms with Crippen molar-refractivity contribution in [3.05, 3.63) is 40.4 Å². The van der Waals surface area contributed by atoms with E-state index in [2.05, 4.69) is 6.92 Å². The van der Waals surface area contributed by atoms with Gasteiger partial charge in [-0.3, -0.25) is 14.5 Å². The summed E-state index contributed by atoms with van der Waals surface area (Å²) in [6.07, 6.45) is 10.3. The Kier molecular flexibility index (Phi) is 8.58. The summed E-state index contributed by atoms with van der Waals surface area (Å²) in [5.74, 6) is -0.227. The van der Waals surface area contributed by atoms with Gasteiger partial charge in [0.1, 0.15) is 18.1 Å². The smallest absolute Gasteiger partial charge is 0.455 e. The van der Waals surface area contributed by atoms with E-state index in [0.717, 1.165) is 56.1 Å². The molecular formula is C29H40BNO7. The molecule has 0 unspecified atom stereocenters. The molecule has 4 atom stereocenters. The van der Waals surface area contributed by atoms with E-state index in [-0.39, 0.29) is 43.3 Å². The summed E-state index contributed by atoms with van der Waals surface area (Å²) in [7, 11) is -1.02. The Labute approximate surface area is 224 Å².